The van der Waals surface area contributed by atoms with Crippen LogP contribution in [0.15, 0.2) is 35.9 Å². The van der Waals surface area contributed by atoms with Crippen molar-refractivity contribution in [2.75, 3.05) is 52.1 Å². The van der Waals surface area contributed by atoms with Gasteiger partial charge in [0.1, 0.15) is 46.3 Å². The molecule has 6 amide bonds. The van der Waals surface area contributed by atoms with Crippen LogP contribution in [0.1, 0.15) is 104 Å². The molecule has 0 radical (unpaired) electrons. The molecule has 2 N–H and O–H groups in total. The highest BCUT2D eigenvalue weighted by Crippen LogP contribution is 2.51. The number of ether oxygens (including phenoxy) is 5. The maximum atomic E-state index is 14.4. The fourth-order valence-electron chi connectivity index (χ4n) is 10.7. The van der Waals surface area contributed by atoms with Crippen LogP contribution in [0.3, 0.4) is 0 Å². The Hall–Kier alpha value is -5.06. The number of carbonyl (C=O) groups excluding carboxylic acids is 8. The van der Waals surface area contributed by atoms with E-state index in [1.807, 2.05) is 13.0 Å². The number of fused-ring (bicyclic) bond motifs is 6. The number of hydrogen-bond donors (Lipinski definition) is 2. The number of likely N-dealkylation sites (tertiary alicyclic amines) is 1. The van der Waals surface area contributed by atoms with Gasteiger partial charge in [-0.3, -0.25) is 43.9 Å². The number of halogens is 1. The molecule has 1 saturated carbocycles. The third-order valence-corrected chi connectivity index (χ3v) is 16.8. The molecule has 5 fully saturated rings. The molecule has 7 aliphatic rings. The third-order valence-electron chi connectivity index (χ3n) is 15.1. The average Bonchev–Trinajstić information content (AvgIpc) is 3.79. The van der Waals surface area contributed by atoms with Crippen LogP contribution in [-0.4, -0.2) is 161 Å². The normalized spacial score (nSPS) is 32.6. The number of imide groups is 2. The van der Waals surface area contributed by atoms with E-state index in [9.17, 15) is 43.5 Å². The van der Waals surface area contributed by atoms with Gasteiger partial charge in [-0.25, -0.2) is 9.59 Å². The first-order valence-electron chi connectivity index (χ1n) is 24.8. The number of nitrogens with zero attached hydrogens (tertiary/aromatic N) is 4. The van der Waals surface area contributed by atoms with Gasteiger partial charge < -0.3 is 38.5 Å². The van der Waals surface area contributed by atoms with Crippen molar-refractivity contribution in [2.24, 2.45) is 11.8 Å². The molecule has 6 bridgehead atoms. The van der Waals surface area contributed by atoms with Gasteiger partial charge in [-0.1, -0.05) is 35.4 Å². The van der Waals surface area contributed by atoms with Crippen molar-refractivity contribution in [3.8, 4) is 5.75 Å². The van der Waals surface area contributed by atoms with Crippen molar-refractivity contribution in [3.63, 3.8) is 0 Å². The van der Waals surface area contributed by atoms with Crippen molar-refractivity contribution >= 4 is 76.6 Å². The van der Waals surface area contributed by atoms with Gasteiger partial charge in [0.25, 0.3) is 11.8 Å². The SMILES string of the molecule is COc1cc2cc(c1Cl)N(C)C(=O)C[C@H](OC(=O)[C@H](C)N(C)CCCSC1CC(=O)N(C[C@H]3CC[C@H](C(=O)ON4C(=O)CCC4=O)CC3)C1=O)[C@@]1(C)CC(C)(O1)[C@@H]1C[C@@](O)(NC(=O)O1)[C@H](OC)/C=C/C=C(\C)C2. The average molecular weight is 1060 g/mol. The van der Waals surface area contributed by atoms with Crippen LogP contribution >= 0.6 is 23.4 Å². The number of allylic oxidation sites excluding steroid dienone is 3. The Morgan fingerprint density at radius 1 is 1.00 bits per heavy atom. The van der Waals surface area contributed by atoms with Crippen molar-refractivity contribution < 1.29 is 72.0 Å². The van der Waals surface area contributed by atoms with E-state index in [0.29, 0.717) is 67.3 Å². The lowest BCUT2D eigenvalue weighted by atomic mass is 9.72. The van der Waals surface area contributed by atoms with Gasteiger partial charge in [-0.05, 0) is 109 Å². The third kappa shape index (κ3) is 12.4. The summed E-state index contributed by atoms with van der Waals surface area (Å²) in [6.45, 7) is 7.74. The molecule has 22 heteroatoms. The number of thioether (sulfide) groups is 1. The fourth-order valence-corrected chi connectivity index (χ4v) is 12.1. The number of hydroxylamine groups is 2. The molecule has 0 aromatic heterocycles. The number of nitrogens with one attached hydrogen (secondary N) is 1. The Morgan fingerprint density at radius 2 is 1.68 bits per heavy atom. The van der Waals surface area contributed by atoms with E-state index in [2.05, 4.69) is 5.32 Å². The second-order valence-corrected chi connectivity index (χ2v) is 22.3. The van der Waals surface area contributed by atoms with E-state index in [1.165, 1.54) is 35.8 Å². The lowest BCUT2D eigenvalue weighted by Gasteiger charge is -2.59. The summed E-state index contributed by atoms with van der Waals surface area (Å²) in [6, 6.07) is 2.79. The number of aliphatic hydroxyl groups is 1. The molecule has 20 nitrogen and oxygen atoms in total. The number of anilines is 1. The quantitative estimate of drug-likeness (QED) is 0.145. The first-order chi connectivity index (χ1) is 34.5. The predicted octanol–water partition coefficient (Wildman–Crippen LogP) is 4.80. The zero-order valence-corrected chi connectivity index (χ0v) is 44.3. The topological polar surface area (TPSA) is 237 Å². The van der Waals surface area contributed by atoms with Gasteiger partial charge in [0.15, 0.2) is 5.72 Å². The molecular formula is C51H68ClN5O15S. The molecule has 6 aliphatic heterocycles. The Bertz CT molecular complexity index is 2390. The number of amides is 6. The number of likely N-dealkylation sites (N-methyl/N-ethyl adjacent to an activating group) is 1. The zero-order valence-electron chi connectivity index (χ0n) is 42.8. The van der Waals surface area contributed by atoms with Gasteiger partial charge in [0, 0.05) is 52.8 Å². The largest absolute Gasteiger partial charge is 0.495 e. The van der Waals surface area contributed by atoms with Gasteiger partial charge in [-0.15, -0.1) is 16.8 Å². The number of carbonyl (C=O) groups is 8. The monoisotopic (exact) mass is 1060 g/mol. The summed E-state index contributed by atoms with van der Waals surface area (Å²) < 4.78 is 29.9. The minimum atomic E-state index is -1.88. The number of esters is 1. The first-order valence-corrected chi connectivity index (χ1v) is 26.3. The summed E-state index contributed by atoms with van der Waals surface area (Å²) >= 11 is 8.22. The van der Waals surface area contributed by atoms with Crippen molar-refractivity contribution in [1.82, 2.24) is 20.2 Å². The van der Waals surface area contributed by atoms with Crippen LogP contribution in [-0.2, 0) is 63.8 Å². The maximum absolute atomic E-state index is 14.4. The first kappa shape index (κ1) is 55.7. The highest BCUT2D eigenvalue weighted by Gasteiger charge is 2.63. The summed E-state index contributed by atoms with van der Waals surface area (Å²) in [4.78, 5) is 114. The minimum absolute atomic E-state index is 0.00468. The van der Waals surface area contributed by atoms with E-state index >= 15 is 0 Å². The van der Waals surface area contributed by atoms with E-state index in [4.69, 9.17) is 40.1 Å². The van der Waals surface area contributed by atoms with Gasteiger partial charge in [0.2, 0.25) is 17.7 Å². The van der Waals surface area contributed by atoms with Crippen LogP contribution < -0.4 is 15.0 Å². The minimum Gasteiger partial charge on any atom is -0.495 e. The number of hydrogen-bond acceptors (Lipinski definition) is 17. The molecule has 400 valence electrons. The molecular weight excluding hydrogens is 990 g/mol. The summed E-state index contributed by atoms with van der Waals surface area (Å²) in [5.74, 6) is -2.84. The van der Waals surface area contributed by atoms with Crippen LogP contribution in [0.2, 0.25) is 5.02 Å². The number of alkyl carbamates (subject to hydrolysis) is 1. The molecule has 8 rings (SSSR count). The number of benzene rings is 1. The molecule has 6 heterocycles. The Kier molecular flexibility index (Phi) is 17.4. The van der Waals surface area contributed by atoms with E-state index < -0.39 is 88.2 Å². The van der Waals surface area contributed by atoms with Crippen LogP contribution in [0.4, 0.5) is 10.5 Å². The lowest BCUT2D eigenvalue weighted by molar-refractivity contribution is -0.328. The van der Waals surface area contributed by atoms with E-state index in [1.54, 1.807) is 64.1 Å². The van der Waals surface area contributed by atoms with Gasteiger partial charge in [-0.2, -0.15) is 0 Å². The maximum Gasteiger partial charge on any atom is 0.409 e. The number of rotatable bonds is 14. The predicted molar refractivity (Wildman–Crippen MR) is 266 cm³/mol. The summed E-state index contributed by atoms with van der Waals surface area (Å²) in [5, 5.41) is 14.6. The van der Waals surface area contributed by atoms with Crippen molar-refractivity contribution in [3.05, 3.63) is 46.5 Å². The van der Waals surface area contributed by atoms with Crippen LogP contribution in [0.5, 0.6) is 5.75 Å². The molecule has 2 unspecified atom stereocenters. The van der Waals surface area contributed by atoms with Crippen LogP contribution in [0, 0.1) is 11.8 Å². The van der Waals surface area contributed by atoms with Crippen molar-refractivity contribution in [1.29, 1.82) is 0 Å². The van der Waals surface area contributed by atoms with Crippen molar-refractivity contribution in [2.45, 2.75) is 151 Å². The van der Waals surface area contributed by atoms with Gasteiger partial charge >= 0.3 is 18.0 Å². The molecule has 1 aromatic carbocycles. The highest BCUT2D eigenvalue weighted by molar-refractivity contribution is 8.00. The molecule has 4 saturated heterocycles. The summed E-state index contributed by atoms with van der Waals surface area (Å²) in [7, 11) is 6.25. The molecule has 73 heavy (non-hydrogen) atoms. The lowest BCUT2D eigenvalue weighted by Crippen LogP contribution is -2.72. The second-order valence-electron chi connectivity index (χ2n) is 20.6. The molecule has 1 aliphatic carbocycles. The summed E-state index contributed by atoms with van der Waals surface area (Å²) in [6.07, 6.45) is 4.15. The van der Waals surface area contributed by atoms with E-state index in [-0.39, 0.29) is 67.8 Å². The standard InChI is InChI=1S/C51H68ClN5O15S/c1-29-11-9-12-37(68-8)51(66)26-39(70-48(65)53-51)50(4)28-49(3,72-50)38(25-42(60)55(6)34-22-32(21-29)23-35(67-7)44(34)52)69-46(63)30(2)54(5)19-10-20-73-36-24-43(61)56(45(36)62)27-31-13-15-33(16-14-31)47(64)71-57-40(58)17-18-41(57)59/h9,11-12,22-23,30-31,33,36-39,66H,10,13-21,24-28H2,1-8H3,(H,53,65)/b12-9+,29-11+/t30-,31-,33-,36?,37+,38-,39-,49+,50?,51-/m0/s1. The number of methoxy groups -OCH3 is 2. The Labute approximate surface area is 434 Å². The summed E-state index contributed by atoms with van der Waals surface area (Å²) in [5.41, 5.74) is -2.24. The Morgan fingerprint density at radius 3 is 2.34 bits per heavy atom. The second kappa shape index (κ2) is 22.8. The smallest absolute Gasteiger partial charge is 0.409 e. The van der Waals surface area contributed by atoms with Gasteiger partial charge in [0.05, 0.1) is 30.4 Å². The zero-order chi connectivity index (χ0) is 53.2. The van der Waals surface area contributed by atoms with E-state index in [0.717, 1.165) is 11.1 Å². The molecule has 1 aromatic rings. The Balaban J connectivity index is 0.969. The molecule has 8 atom stereocenters. The highest BCUT2D eigenvalue weighted by atomic mass is 35.5. The van der Waals surface area contributed by atoms with Crippen LogP contribution in [0.25, 0.3) is 0 Å². The molecule has 0 spiro atoms. The fraction of sp³-hybridized carbons (Fsp3) is 0.647.